The number of rotatable bonds is 9. The molecular formula is C16H29NO2. The molecule has 19 heavy (non-hydrogen) atoms. The van der Waals surface area contributed by atoms with Crippen molar-refractivity contribution in [1.29, 1.82) is 0 Å². The fourth-order valence-corrected chi connectivity index (χ4v) is 2.47. The number of nitrogens with zero attached hydrogens (tertiary/aromatic N) is 1. The Morgan fingerprint density at radius 3 is 2.68 bits per heavy atom. The Balaban J connectivity index is 2.22. The second kappa shape index (κ2) is 9.88. The van der Waals surface area contributed by atoms with E-state index in [9.17, 15) is 4.79 Å². The topological polar surface area (TPSA) is 29.5 Å². The smallest absolute Gasteiger partial charge is 0.335 e. The van der Waals surface area contributed by atoms with Gasteiger partial charge in [0, 0.05) is 19.3 Å². The molecule has 110 valence electrons. The first kappa shape index (κ1) is 16.1. The summed E-state index contributed by atoms with van der Waals surface area (Å²) in [6, 6.07) is 0. The third-order valence-corrected chi connectivity index (χ3v) is 3.57. The van der Waals surface area contributed by atoms with E-state index in [1.807, 2.05) is 13.1 Å². The van der Waals surface area contributed by atoms with E-state index in [2.05, 4.69) is 11.8 Å². The number of hydrogen-bond acceptors (Lipinski definition) is 3. The summed E-state index contributed by atoms with van der Waals surface area (Å²) < 4.78 is 5.07. The van der Waals surface area contributed by atoms with E-state index in [1.54, 1.807) is 0 Å². The van der Waals surface area contributed by atoms with Gasteiger partial charge in [-0.3, -0.25) is 0 Å². The van der Waals surface area contributed by atoms with Crippen LogP contribution in [-0.2, 0) is 9.53 Å². The maximum Gasteiger partial charge on any atom is 0.335 e. The van der Waals surface area contributed by atoms with E-state index >= 15 is 0 Å². The minimum Gasteiger partial charge on any atom is -0.463 e. The SMILES string of the molecule is CCCCCCCCN1C=C(C(=O)OCC)CCC1. The van der Waals surface area contributed by atoms with Gasteiger partial charge in [-0.05, 0) is 26.2 Å². The molecular weight excluding hydrogens is 238 g/mol. The minimum atomic E-state index is -0.129. The van der Waals surface area contributed by atoms with Crippen LogP contribution in [-0.4, -0.2) is 30.6 Å². The summed E-state index contributed by atoms with van der Waals surface area (Å²) in [6.45, 7) is 6.73. The van der Waals surface area contributed by atoms with Gasteiger partial charge in [0.2, 0.25) is 0 Å². The number of hydrogen-bond donors (Lipinski definition) is 0. The summed E-state index contributed by atoms with van der Waals surface area (Å²) in [5.74, 6) is -0.129. The summed E-state index contributed by atoms with van der Waals surface area (Å²) in [5, 5.41) is 0. The molecule has 0 saturated heterocycles. The highest BCUT2D eigenvalue weighted by Crippen LogP contribution is 2.17. The molecule has 3 heteroatoms. The van der Waals surface area contributed by atoms with Crippen molar-refractivity contribution in [2.24, 2.45) is 0 Å². The molecule has 0 spiro atoms. The van der Waals surface area contributed by atoms with Crippen molar-refractivity contribution < 1.29 is 9.53 Å². The molecule has 0 amide bonds. The van der Waals surface area contributed by atoms with E-state index in [-0.39, 0.29) is 5.97 Å². The Kier molecular flexibility index (Phi) is 8.35. The third kappa shape index (κ3) is 6.65. The van der Waals surface area contributed by atoms with Gasteiger partial charge in [0.25, 0.3) is 0 Å². The van der Waals surface area contributed by atoms with Crippen molar-refractivity contribution in [2.75, 3.05) is 19.7 Å². The molecule has 1 aliphatic rings. The van der Waals surface area contributed by atoms with Crippen LogP contribution in [0.3, 0.4) is 0 Å². The first-order chi connectivity index (χ1) is 9.27. The van der Waals surface area contributed by atoms with Crippen LogP contribution < -0.4 is 0 Å². The Labute approximate surface area is 118 Å². The average Bonchev–Trinajstić information content (AvgIpc) is 2.43. The van der Waals surface area contributed by atoms with E-state index in [4.69, 9.17) is 4.74 Å². The van der Waals surface area contributed by atoms with Gasteiger partial charge in [-0.25, -0.2) is 4.79 Å². The molecule has 3 nitrogen and oxygen atoms in total. The van der Waals surface area contributed by atoms with E-state index in [1.165, 1.54) is 38.5 Å². The highest BCUT2D eigenvalue weighted by Gasteiger charge is 2.16. The van der Waals surface area contributed by atoms with Crippen LogP contribution in [0.15, 0.2) is 11.8 Å². The molecule has 0 N–H and O–H groups in total. The van der Waals surface area contributed by atoms with Gasteiger partial charge in [-0.1, -0.05) is 39.0 Å². The lowest BCUT2D eigenvalue weighted by molar-refractivity contribution is -0.138. The van der Waals surface area contributed by atoms with Crippen LogP contribution in [0, 0.1) is 0 Å². The standard InChI is InChI=1S/C16H29NO2/c1-3-5-6-7-8-9-12-17-13-10-11-15(14-17)16(18)19-4-2/h14H,3-13H2,1-2H3. The number of unbranched alkanes of at least 4 members (excludes halogenated alkanes) is 5. The first-order valence-electron chi connectivity index (χ1n) is 7.89. The summed E-state index contributed by atoms with van der Waals surface area (Å²) in [4.78, 5) is 14.0. The van der Waals surface area contributed by atoms with Crippen LogP contribution in [0.2, 0.25) is 0 Å². The van der Waals surface area contributed by atoms with Gasteiger partial charge in [0.05, 0.1) is 12.2 Å². The van der Waals surface area contributed by atoms with Crippen LogP contribution >= 0.6 is 0 Å². The van der Waals surface area contributed by atoms with E-state index in [0.717, 1.165) is 31.5 Å². The Morgan fingerprint density at radius 2 is 1.95 bits per heavy atom. The van der Waals surface area contributed by atoms with Crippen LogP contribution in [0.4, 0.5) is 0 Å². The van der Waals surface area contributed by atoms with Crippen molar-refractivity contribution in [1.82, 2.24) is 4.90 Å². The quantitative estimate of drug-likeness (QED) is 0.469. The summed E-state index contributed by atoms with van der Waals surface area (Å²) in [5.41, 5.74) is 0.846. The Morgan fingerprint density at radius 1 is 1.21 bits per heavy atom. The zero-order valence-corrected chi connectivity index (χ0v) is 12.6. The third-order valence-electron chi connectivity index (χ3n) is 3.57. The molecule has 0 bridgehead atoms. The molecule has 0 aromatic rings. The summed E-state index contributed by atoms with van der Waals surface area (Å²) in [6.07, 6.45) is 11.9. The summed E-state index contributed by atoms with van der Waals surface area (Å²) in [7, 11) is 0. The Hall–Kier alpha value is -0.990. The fourth-order valence-electron chi connectivity index (χ4n) is 2.47. The zero-order chi connectivity index (χ0) is 13.9. The van der Waals surface area contributed by atoms with E-state index < -0.39 is 0 Å². The van der Waals surface area contributed by atoms with Crippen LogP contribution in [0.5, 0.6) is 0 Å². The maximum absolute atomic E-state index is 11.7. The highest BCUT2D eigenvalue weighted by molar-refractivity contribution is 5.88. The molecule has 0 unspecified atom stereocenters. The lowest BCUT2D eigenvalue weighted by atomic mass is 10.1. The normalized spacial score (nSPS) is 15.3. The molecule has 0 aromatic carbocycles. The van der Waals surface area contributed by atoms with Gasteiger partial charge < -0.3 is 9.64 Å². The molecule has 1 heterocycles. The molecule has 0 atom stereocenters. The zero-order valence-electron chi connectivity index (χ0n) is 12.6. The number of ether oxygens (including phenoxy) is 1. The lowest BCUT2D eigenvalue weighted by Crippen LogP contribution is -2.26. The number of esters is 1. The predicted octanol–water partition coefficient (Wildman–Crippen LogP) is 3.89. The van der Waals surface area contributed by atoms with Crippen molar-refractivity contribution in [3.05, 3.63) is 11.8 Å². The van der Waals surface area contributed by atoms with Gasteiger partial charge in [0.1, 0.15) is 0 Å². The van der Waals surface area contributed by atoms with Crippen LogP contribution in [0.25, 0.3) is 0 Å². The monoisotopic (exact) mass is 267 g/mol. The van der Waals surface area contributed by atoms with Gasteiger partial charge in [-0.2, -0.15) is 0 Å². The molecule has 0 fully saturated rings. The molecule has 0 aromatic heterocycles. The van der Waals surface area contributed by atoms with Crippen molar-refractivity contribution >= 4 is 5.97 Å². The number of carbonyl (C=O) groups excluding carboxylic acids is 1. The average molecular weight is 267 g/mol. The van der Waals surface area contributed by atoms with Gasteiger partial charge in [0.15, 0.2) is 0 Å². The molecule has 0 aliphatic carbocycles. The maximum atomic E-state index is 11.7. The molecule has 0 radical (unpaired) electrons. The fraction of sp³-hybridized carbons (Fsp3) is 0.812. The molecule has 1 aliphatic heterocycles. The lowest BCUT2D eigenvalue weighted by Gasteiger charge is -2.26. The van der Waals surface area contributed by atoms with E-state index in [0.29, 0.717) is 6.61 Å². The van der Waals surface area contributed by atoms with Crippen molar-refractivity contribution in [2.45, 2.75) is 65.2 Å². The Bertz CT molecular complexity index is 286. The molecule has 0 saturated carbocycles. The predicted molar refractivity (Wildman–Crippen MR) is 78.9 cm³/mol. The summed E-state index contributed by atoms with van der Waals surface area (Å²) >= 11 is 0. The number of carbonyl (C=O) groups is 1. The first-order valence-corrected chi connectivity index (χ1v) is 7.89. The second-order valence-electron chi connectivity index (χ2n) is 5.28. The second-order valence-corrected chi connectivity index (χ2v) is 5.28. The van der Waals surface area contributed by atoms with Gasteiger partial charge >= 0.3 is 5.97 Å². The molecule has 1 rings (SSSR count). The largest absolute Gasteiger partial charge is 0.463 e. The van der Waals surface area contributed by atoms with Crippen molar-refractivity contribution in [3.8, 4) is 0 Å². The van der Waals surface area contributed by atoms with Crippen LogP contribution in [0.1, 0.15) is 65.2 Å². The van der Waals surface area contributed by atoms with Crippen molar-refractivity contribution in [3.63, 3.8) is 0 Å². The minimum absolute atomic E-state index is 0.129. The van der Waals surface area contributed by atoms with Gasteiger partial charge in [-0.15, -0.1) is 0 Å². The highest BCUT2D eigenvalue weighted by atomic mass is 16.5.